The number of hydrogen-bond donors (Lipinski definition) is 1. The van der Waals surface area contributed by atoms with Crippen molar-refractivity contribution < 1.29 is 28.6 Å². The van der Waals surface area contributed by atoms with Crippen molar-refractivity contribution >= 4 is 18.0 Å². The Morgan fingerprint density at radius 2 is 1.15 bits per heavy atom. The number of nitrogens with one attached hydrogen (secondary N) is 1. The number of ether oxygens (including phenoxy) is 3. The fourth-order valence-corrected chi connectivity index (χ4v) is 5.75. The minimum Gasteiger partial charge on any atom is -0.488 e. The van der Waals surface area contributed by atoms with Crippen LogP contribution in [0.15, 0.2) is 84.9 Å². The Labute approximate surface area is 318 Å². The van der Waals surface area contributed by atoms with Crippen LogP contribution in [-0.4, -0.2) is 70.2 Å². The lowest BCUT2D eigenvalue weighted by Crippen LogP contribution is -2.53. The smallest absolute Gasteiger partial charge is 0.329 e. The highest BCUT2D eigenvalue weighted by atomic mass is 16.6. The second-order valence-corrected chi connectivity index (χ2v) is 16.8. The summed E-state index contributed by atoms with van der Waals surface area (Å²) in [7, 11) is 0. The fourth-order valence-electron chi connectivity index (χ4n) is 5.75. The average Bonchev–Trinajstić information content (AvgIpc) is 3.05. The number of nitrogens with zero attached hydrogens (tertiary/aromatic N) is 2. The van der Waals surface area contributed by atoms with E-state index in [4.69, 9.17) is 14.2 Å². The van der Waals surface area contributed by atoms with E-state index < -0.39 is 35.2 Å². The molecule has 3 aromatic rings. The number of urea groups is 1. The van der Waals surface area contributed by atoms with E-state index in [-0.39, 0.29) is 24.5 Å². The van der Waals surface area contributed by atoms with Gasteiger partial charge < -0.3 is 24.4 Å². The topological polar surface area (TPSA) is 97.4 Å². The Bertz CT molecular complexity index is 1520. The van der Waals surface area contributed by atoms with Gasteiger partial charge in [-0.15, -0.1) is 0 Å². The van der Waals surface area contributed by atoms with Crippen LogP contribution in [0.1, 0.15) is 98.8 Å². The first kappa shape index (κ1) is 43.0. The molecule has 53 heavy (non-hydrogen) atoms. The third-order valence-corrected chi connectivity index (χ3v) is 8.00. The van der Waals surface area contributed by atoms with E-state index in [1.54, 1.807) is 25.7 Å². The third-order valence-electron chi connectivity index (χ3n) is 8.00. The Balaban J connectivity index is 1.93. The zero-order chi connectivity index (χ0) is 39.2. The number of hydrogen-bond acceptors (Lipinski definition) is 7. The molecule has 0 aromatic heterocycles. The van der Waals surface area contributed by atoms with Crippen LogP contribution >= 0.6 is 0 Å². The largest absolute Gasteiger partial charge is 0.488 e. The summed E-state index contributed by atoms with van der Waals surface area (Å²) >= 11 is 0. The summed E-state index contributed by atoms with van der Waals surface area (Å²) in [5.74, 6) is -0.859. The summed E-state index contributed by atoms with van der Waals surface area (Å²) in [5, 5.41) is 2.99. The van der Waals surface area contributed by atoms with Crippen LogP contribution < -0.4 is 10.1 Å². The molecule has 0 aliphatic rings. The van der Waals surface area contributed by atoms with Crippen molar-refractivity contribution in [1.29, 1.82) is 0 Å². The maximum absolute atomic E-state index is 14.3. The first-order valence-electron chi connectivity index (χ1n) is 18.9. The molecule has 0 heterocycles. The van der Waals surface area contributed by atoms with Crippen LogP contribution in [0, 0.1) is 5.92 Å². The molecule has 3 rings (SSSR count). The van der Waals surface area contributed by atoms with Gasteiger partial charge in [0, 0.05) is 39.1 Å². The molecule has 0 spiro atoms. The molecule has 9 heteroatoms. The van der Waals surface area contributed by atoms with Crippen LogP contribution in [0.2, 0.25) is 0 Å². The molecular formula is C44H63N3O6. The molecule has 0 fully saturated rings. The van der Waals surface area contributed by atoms with Gasteiger partial charge in [0.1, 0.15) is 28.6 Å². The molecule has 2 amide bonds. The number of benzene rings is 3. The number of carbonyl (C=O) groups excluding carboxylic acids is 3. The van der Waals surface area contributed by atoms with Crippen molar-refractivity contribution in [1.82, 2.24) is 15.1 Å². The van der Waals surface area contributed by atoms with Gasteiger partial charge in [-0.1, -0.05) is 86.1 Å². The zero-order valence-corrected chi connectivity index (χ0v) is 33.7. The van der Waals surface area contributed by atoms with Gasteiger partial charge in [0.05, 0.1) is 5.92 Å². The Morgan fingerprint density at radius 1 is 0.642 bits per heavy atom. The van der Waals surface area contributed by atoms with Crippen LogP contribution in [0.3, 0.4) is 0 Å². The number of rotatable bonds is 17. The molecule has 3 aromatic carbocycles. The fraction of sp³-hybridized carbons (Fsp3) is 0.523. The molecule has 9 nitrogen and oxygen atoms in total. The Kier molecular flexibility index (Phi) is 15.9. The maximum Gasteiger partial charge on any atom is 0.329 e. The van der Waals surface area contributed by atoms with E-state index in [0.717, 1.165) is 29.5 Å². The first-order chi connectivity index (χ1) is 24.8. The molecule has 290 valence electrons. The monoisotopic (exact) mass is 729 g/mol. The quantitative estimate of drug-likeness (QED) is 0.139. The molecule has 2 atom stereocenters. The van der Waals surface area contributed by atoms with E-state index >= 15 is 0 Å². The standard InChI is InChI=1S/C44H63N3O6/c1-11-12-27-47(41(50)45-38(40(49)53-44(8,9)10)28-33-23-25-37(26-24-33)51-42(2,3)4)32-36(39(48)52-43(5,6)7)31-46(29-34-19-15-13-16-20-34)30-35-21-17-14-18-22-35/h13-26,36,38H,11-12,27-32H2,1-10H3,(H,45,50)/t36-,38-/m0/s1. The van der Waals surface area contributed by atoms with Gasteiger partial charge in [0.15, 0.2) is 0 Å². The summed E-state index contributed by atoms with van der Waals surface area (Å²) in [6.45, 7) is 21.0. The van der Waals surface area contributed by atoms with Crippen LogP contribution in [0.25, 0.3) is 0 Å². The van der Waals surface area contributed by atoms with Gasteiger partial charge in [0.2, 0.25) is 0 Å². The lowest BCUT2D eigenvalue weighted by Gasteiger charge is -2.33. The van der Waals surface area contributed by atoms with Gasteiger partial charge in [-0.2, -0.15) is 0 Å². The molecular weight excluding hydrogens is 666 g/mol. The number of unbranched alkanes of at least 4 members (excludes halogenated alkanes) is 1. The summed E-state index contributed by atoms with van der Waals surface area (Å²) < 4.78 is 17.7. The molecule has 0 saturated heterocycles. The lowest BCUT2D eigenvalue weighted by atomic mass is 10.0. The Hall–Kier alpha value is -4.37. The predicted molar refractivity (Wildman–Crippen MR) is 212 cm³/mol. The highest BCUT2D eigenvalue weighted by Gasteiger charge is 2.33. The van der Waals surface area contributed by atoms with Gasteiger partial charge in [-0.05, 0) is 97.6 Å². The molecule has 0 aliphatic carbocycles. The van der Waals surface area contributed by atoms with Crippen LogP contribution in [0.5, 0.6) is 5.75 Å². The molecule has 0 unspecified atom stereocenters. The van der Waals surface area contributed by atoms with E-state index in [1.807, 2.05) is 102 Å². The number of carbonyl (C=O) groups is 3. The minimum atomic E-state index is -0.965. The van der Waals surface area contributed by atoms with Gasteiger partial charge in [0.25, 0.3) is 0 Å². The van der Waals surface area contributed by atoms with E-state index in [0.29, 0.717) is 31.9 Å². The highest BCUT2D eigenvalue weighted by Crippen LogP contribution is 2.21. The van der Waals surface area contributed by atoms with Crippen molar-refractivity contribution in [2.45, 2.75) is 124 Å². The summed E-state index contributed by atoms with van der Waals surface area (Å²) in [6.07, 6.45) is 1.78. The Morgan fingerprint density at radius 3 is 1.62 bits per heavy atom. The van der Waals surface area contributed by atoms with Crippen molar-refractivity contribution in [2.75, 3.05) is 19.6 Å². The van der Waals surface area contributed by atoms with Crippen LogP contribution in [0.4, 0.5) is 4.79 Å². The SMILES string of the molecule is CCCCN(C[C@H](CN(Cc1ccccc1)Cc1ccccc1)C(=O)OC(C)(C)C)C(=O)N[C@@H](Cc1ccc(OC(C)(C)C)cc1)C(=O)OC(C)(C)C. The molecule has 1 N–H and O–H groups in total. The minimum absolute atomic E-state index is 0.112. The maximum atomic E-state index is 14.3. The second-order valence-electron chi connectivity index (χ2n) is 16.8. The van der Waals surface area contributed by atoms with Gasteiger partial charge >= 0.3 is 18.0 Å². The van der Waals surface area contributed by atoms with E-state index in [2.05, 4.69) is 41.4 Å². The van der Waals surface area contributed by atoms with Crippen molar-refractivity contribution in [3.8, 4) is 5.75 Å². The van der Waals surface area contributed by atoms with Crippen molar-refractivity contribution in [3.05, 3.63) is 102 Å². The van der Waals surface area contributed by atoms with Gasteiger partial charge in [-0.3, -0.25) is 9.69 Å². The normalized spacial score (nSPS) is 13.2. The molecule has 0 aliphatic heterocycles. The lowest BCUT2D eigenvalue weighted by molar-refractivity contribution is -0.161. The third kappa shape index (κ3) is 16.9. The highest BCUT2D eigenvalue weighted by molar-refractivity contribution is 5.84. The molecule has 0 saturated carbocycles. The van der Waals surface area contributed by atoms with E-state index in [1.165, 1.54) is 0 Å². The predicted octanol–water partition coefficient (Wildman–Crippen LogP) is 8.59. The van der Waals surface area contributed by atoms with Crippen molar-refractivity contribution in [3.63, 3.8) is 0 Å². The number of esters is 2. The zero-order valence-electron chi connectivity index (χ0n) is 33.7. The summed E-state index contributed by atoms with van der Waals surface area (Å²) in [5.41, 5.74) is 1.25. The van der Waals surface area contributed by atoms with E-state index in [9.17, 15) is 14.4 Å². The second kappa shape index (κ2) is 19.6. The summed E-state index contributed by atoms with van der Waals surface area (Å²) in [6, 6.07) is 26.4. The molecule has 0 bridgehead atoms. The molecule has 0 radical (unpaired) electrons. The van der Waals surface area contributed by atoms with Gasteiger partial charge in [-0.25, -0.2) is 9.59 Å². The average molecular weight is 730 g/mol. The van der Waals surface area contributed by atoms with Crippen molar-refractivity contribution in [2.24, 2.45) is 5.92 Å². The number of amides is 2. The van der Waals surface area contributed by atoms with Crippen LogP contribution in [-0.2, 0) is 38.6 Å². The first-order valence-corrected chi connectivity index (χ1v) is 18.9. The summed E-state index contributed by atoms with van der Waals surface area (Å²) in [4.78, 5) is 45.7.